The highest BCUT2D eigenvalue weighted by molar-refractivity contribution is 5.87. The number of hydrogen-bond donors (Lipinski definition) is 0. The van der Waals surface area contributed by atoms with E-state index >= 15 is 0 Å². The molecule has 2 rings (SSSR count). The van der Waals surface area contributed by atoms with Gasteiger partial charge in [0.25, 0.3) is 0 Å². The fourth-order valence-electron chi connectivity index (χ4n) is 2.60. The molecule has 1 aromatic heterocycles. The van der Waals surface area contributed by atoms with E-state index in [-0.39, 0.29) is 19.2 Å². The Bertz CT molecular complexity index is 520. The minimum Gasteiger partial charge on any atom is -0.458 e. The van der Waals surface area contributed by atoms with Crippen LogP contribution in [0.1, 0.15) is 35.9 Å². The number of aromatic nitrogens is 2. The number of hydrogen-bond acceptors (Lipinski definition) is 4. The molecule has 0 radical (unpaired) electrons. The molecule has 0 saturated carbocycles. The molecule has 0 amide bonds. The van der Waals surface area contributed by atoms with E-state index in [4.69, 9.17) is 4.74 Å². The van der Waals surface area contributed by atoms with Crippen LogP contribution in [0.5, 0.6) is 0 Å². The average Bonchev–Trinajstić information content (AvgIpc) is 2.80. The van der Waals surface area contributed by atoms with E-state index in [1.54, 1.807) is 17.7 Å². The van der Waals surface area contributed by atoms with Gasteiger partial charge in [0.1, 0.15) is 11.8 Å². The maximum Gasteiger partial charge on any atom is 0.401 e. The predicted molar refractivity (Wildman–Crippen MR) is 73.6 cm³/mol. The van der Waals surface area contributed by atoms with Gasteiger partial charge in [-0.1, -0.05) is 0 Å². The van der Waals surface area contributed by atoms with Gasteiger partial charge < -0.3 is 4.74 Å². The summed E-state index contributed by atoms with van der Waals surface area (Å²) in [5.41, 5.74) is 1.12. The number of rotatable bonds is 4. The summed E-state index contributed by atoms with van der Waals surface area (Å²) >= 11 is 0. The van der Waals surface area contributed by atoms with Crippen LogP contribution in [-0.4, -0.2) is 52.6 Å². The lowest BCUT2D eigenvalue weighted by Crippen LogP contribution is -2.42. The summed E-state index contributed by atoms with van der Waals surface area (Å²) in [6.45, 7) is 3.88. The van der Waals surface area contributed by atoms with Gasteiger partial charge in [0.05, 0.1) is 12.2 Å². The van der Waals surface area contributed by atoms with E-state index in [9.17, 15) is 18.0 Å². The SMILES string of the molecule is CCn1nc(C)cc1C(=O)OC1CCN(CC(F)(F)F)CC1. The van der Waals surface area contributed by atoms with Gasteiger partial charge in [-0.2, -0.15) is 18.3 Å². The molecule has 0 aromatic carbocycles. The predicted octanol–water partition coefficient (Wildman–Crippen LogP) is 2.39. The van der Waals surface area contributed by atoms with Crippen LogP contribution in [0.25, 0.3) is 0 Å². The molecule has 0 atom stereocenters. The molecule has 1 fully saturated rings. The Morgan fingerprint density at radius 2 is 2.05 bits per heavy atom. The molecule has 0 unspecified atom stereocenters. The van der Waals surface area contributed by atoms with Crippen LogP contribution in [-0.2, 0) is 11.3 Å². The number of ether oxygens (including phenoxy) is 1. The summed E-state index contributed by atoms with van der Waals surface area (Å²) in [5.74, 6) is -0.461. The van der Waals surface area contributed by atoms with Gasteiger partial charge in [-0.3, -0.25) is 9.58 Å². The highest BCUT2D eigenvalue weighted by atomic mass is 19.4. The van der Waals surface area contributed by atoms with Crippen molar-refractivity contribution in [3.05, 3.63) is 17.5 Å². The van der Waals surface area contributed by atoms with Gasteiger partial charge in [-0.25, -0.2) is 4.79 Å². The van der Waals surface area contributed by atoms with Gasteiger partial charge in [0.2, 0.25) is 0 Å². The lowest BCUT2D eigenvalue weighted by atomic mass is 10.1. The Hall–Kier alpha value is -1.57. The van der Waals surface area contributed by atoms with Crippen LogP contribution < -0.4 is 0 Å². The Labute approximate surface area is 127 Å². The quantitative estimate of drug-likeness (QED) is 0.800. The van der Waals surface area contributed by atoms with Gasteiger partial charge in [0, 0.05) is 19.6 Å². The van der Waals surface area contributed by atoms with Gasteiger partial charge >= 0.3 is 12.1 Å². The molecule has 2 heterocycles. The lowest BCUT2D eigenvalue weighted by molar-refractivity contribution is -0.150. The monoisotopic (exact) mass is 319 g/mol. The smallest absolute Gasteiger partial charge is 0.401 e. The molecule has 1 saturated heterocycles. The van der Waals surface area contributed by atoms with E-state index in [0.29, 0.717) is 25.1 Å². The fraction of sp³-hybridized carbons (Fsp3) is 0.714. The normalized spacial score (nSPS) is 17.7. The molecule has 124 valence electrons. The number of aryl methyl sites for hydroxylation is 2. The Morgan fingerprint density at radius 3 is 2.59 bits per heavy atom. The van der Waals surface area contributed by atoms with Crippen LogP contribution in [0.4, 0.5) is 13.2 Å². The van der Waals surface area contributed by atoms with E-state index in [1.165, 1.54) is 4.90 Å². The first-order valence-corrected chi connectivity index (χ1v) is 7.33. The molecular formula is C14H20F3N3O2. The van der Waals surface area contributed by atoms with Crippen molar-refractivity contribution in [2.45, 2.75) is 45.5 Å². The van der Waals surface area contributed by atoms with Crippen molar-refractivity contribution in [3.8, 4) is 0 Å². The number of likely N-dealkylation sites (tertiary alicyclic amines) is 1. The number of esters is 1. The minimum absolute atomic E-state index is 0.281. The molecule has 0 N–H and O–H groups in total. The van der Waals surface area contributed by atoms with Crippen molar-refractivity contribution < 1.29 is 22.7 Å². The number of carbonyl (C=O) groups excluding carboxylic acids is 1. The van der Waals surface area contributed by atoms with Crippen molar-refractivity contribution in [2.24, 2.45) is 0 Å². The average molecular weight is 319 g/mol. The maximum atomic E-state index is 12.3. The molecule has 5 nitrogen and oxygen atoms in total. The van der Waals surface area contributed by atoms with Crippen LogP contribution >= 0.6 is 0 Å². The highest BCUT2D eigenvalue weighted by Gasteiger charge is 2.33. The van der Waals surface area contributed by atoms with Crippen LogP contribution in [0.2, 0.25) is 0 Å². The summed E-state index contributed by atoms with van der Waals surface area (Å²) in [6, 6.07) is 1.66. The largest absolute Gasteiger partial charge is 0.458 e. The zero-order chi connectivity index (χ0) is 16.3. The summed E-state index contributed by atoms with van der Waals surface area (Å²) < 4.78 is 43.9. The summed E-state index contributed by atoms with van der Waals surface area (Å²) in [4.78, 5) is 13.5. The molecule has 22 heavy (non-hydrogen) atoms. The van der Waals surface area contributed by atoms with Crippen LogP contribution in [0, 0.1) is 6.92 Å². The maximum absolute atomic E-state index is 12.3. The Kier molecular flexibility index (Phi) is 5.10. The third-order valence-corrected chi connectivity index (χ3v) is 3.62. The summed E-state index contributed by atoms with van der Waals surface area (Å²) in [6.07, 6.45) is -3.69. The highest BCUT2D eigenvalue weighted by Crippen LogP contribution is 2.21. The number of piperidine rings is 1. The second kappa shape index (κ2) is 6.68. The fourth-order valence-corrected chi connectivity index (χ4v) is 2.60. The van der Waals surface area contributed by atoms with Gasteiger partial charge in [-0.15, -0.1) is 0 Å². The molecule has 8 heteroatoms. The number of alkyl halides is 3. The van der Waals surface area contributed by atoms with Crippen molar-refractivity contribution >= 4 is 5.97 Å². The van der Waals surface area contributed by atoms with Crippen molar-refractivity contribution in [3.63, 3.8) is 0 Å². The second-order valence-corrected chi connectivity index (χ2v) is 5.48. The van der Waals surface area contributed by atoms with E-state index < -0.39 is 18.7 Å². The zero-order valence-electron chi connectivity index (χ0n) is 12.7. The van der Waals surface area contributed by atoms with Gasteiger partial charge in [-0.05, 0) is 32.8 Å². The van der Waals surface area contributed by atoms with E-state index in [2.05, 4.69) is 5.10 Å². The number of nitrogens with zero attached hydrogens (tertiary/aromatic N) is 3. The molecule has 1 aromatic rings. The standard InChI is InChI=1S/C14H20F3N3O2/c1-3-20-12(8-10(2)18-20)13(21)22-11-4-6-19(7-5-11)9-14(15,16)17/h8,11H,3-7,9H2,1-2H3. The molecule has 0 aliphatic carbocycles. The van der Waals surface area contributed by atoms with Crippen LogP contribution in [0.15, 0.2) is 6.07 Å². The molecule has 0 bridgehead atoms. The summed E-state index contributed by atoms with van der Waals surface area (Å²) in [7, 11) is 0. The second-order valence-electron chi connectivity index (χ2n) is 5.48. The van der Waals surface area contributed by atoms with Crippen LogP contribution in [0.3, 0.4) is 0 Å². The lowest BCUT2D eigenvalue weighted by Gasteiger charge is -2.31. The molecule has 1 aliphatic heterocycles. The molecule has 1 aliphatic rings. The first kappa shape index (κ1) is 16.8. The summed E-state index contributed by atoms with van der Waals surface area (Å²) in [5, 5.41) is 4.18. The third-order valence-electron chi connectivity index (χ3n) is 3.62. The topological polar surface area (TPSA) is 47.4 Å². The van der Waals surface area contributed by atoms with Crippen molar-refractivity contribution in [1.29, 1.82) is 0 Å². The third kappa shape index (κ3) is 4.46. The minimum atomic E-state index is -4.19. The van der Waals surface area contributed by atoms with Gasteiger partial charge in [0.15, 0.2) is 0 Å². The number of carbonyl (C=O) groups is 1. The van der Waals surface area contributed by atoms with E-state index in [0.717, 1.165) is 5.69 Å². The number of halogens is 3. The molecule has 0 spiro atoms. The zero-order valence-corrected chi connectivity index (χ0v) is 12.7. The Balaban J connectivity index is 1.86. The first-order valence-electron chi connectivity index (χ1n) is 7.33. The van der Waals surface area contributed by atoms with E-state index in [1.807, 2.05) is 6.92 Å². The van der Waals surface area contributed by atoms with Crippen molar-refractivity contribution in [2.75, 3.05) is 19.6 Å². The molecular weight excluding hydrogens is 299 g/mol. The first-order chi connectivity index (χ1) is 10.3. The van der Waals surface area contributed by atoms with Crippen molar-refractivity contribution in [1.82, 2.24) is 14.7 Å². The Morgan fingerprint density at radius 1 is 1.41 bits per heavy atom.